The number of benzene rings is 2. The number of methoxy groups -OCH3 is 1. The predicted octanol–water partition coefficient (Wildman–Crippen LogP) is 4.07. The highest BCUT2D eigenvalue weighted by molar-refractivity contribution is 5.85. The molecule has 0 saturated carbocycles. The quantitative estimate of drug-likeness (QED) is 0.424. The van der Waals surface area contributed by atoms with E-state index in [4.69, 9.17) is 9.72 Å². The number of ether oxygens (including phenoxy) is 1. The number of nitrogens with one attached hydrogen (secondary N) is 2. The van der Waals surface area contributed by atoms with E-state index < -0.39 is 0 Å². The van der Waals surface area contributed by atoms with Crippen LogP contribution in [0.3, 0.4) is 0 Å². The summed E-state index contributed by atoms with van der Waals surface area (Å²) in [7, 11) is 1.68. The van der Waals surface area contributed by atoms with Crippen molar-refractivity contribution < 1.29 is 14.3 Å². The largest absolute Gasteiger partial charge is 0.496 e. The molecule has 1 fully saturated rings. The van der Waals surface area contributed by atoms with Crippen LogP contribution >= 0.6 is 0 Å². The number of amides is 2. The van der Waals surface area contributed by atoms with Crippen molar-refractivity contribution in [3.63, 3.8) is 0 Å². The van der Waals surface area contributed by atoms with Crippen LogP contribution in [0.5, 0.6) is 5.75 Å². The van der Waals surface area contributed by atoms with Gasteiger partial charge in [0.1, 0.15) is 5.75 Å². The van der Waals surface area contributed by atoms with Crippen molar-refractivity contribution in [1.82, 2.24) is 20.2 Å². The van der Waals surface area contributed by atoms with Gasteiger partial charge in [0.25, 0.3) is 0 Å². The molecule has 1 aliphatic rings. The molecule has 0 spiro atoms. The molecule has 1 saturated heterocycles. The summed E-state index contributed by atoms with van der Waals surface area (Å²) < 4.78 is 5.57. The van der Waals surface area contributed by atoms with Gasteiger partial charge in [-0.3, -0.25) is 9.59 Å². The smallest absolute Gasteiger partial charge is 0.227 e. The van der Waals surface area contributed by atoms with Gasteiger partial charge in [-0.1, -0.05) is 13.8 Å². The Bertz CT molecular complexity index is 1240. The SMILES string of the molecule is COc1ccc2cnc(Nc3ccc(N4CCN(C(=O)CCCNC(C)=O)CC4)cc3)nc2c1C(C)C. The maximum Gasteiger partial charge on any atom is 0.227 e. The van der Waals surface area contributed by atoms with Crippen LogP contribution in [0, 0.1) is 0 Å². The van der Waals surface area contributed by atoms with Gasteiger partial charge in [-0.2, -0.15) is 0 Å². The zero-order chi connectivity index (χ0) is 26.4. The second kappa shape index (κ2) is 11.9. The first kappa shape index (κ1) is 26.2. The summed E-state index contributed by atoms with van der Waals surface area (Å²) in [6.45, 7) is 9.27. The number of anilines is 3. The fourth-order valence-electron chi connectivity index (χ4n) is 4.66. The van der Waals surface area contributed by atoms with Gasteiger partial charge >= 0.3 is 0 Å². The molecular weight excluding hydrogens is 468 g/mol. The Morgan fingerprint density at radius 1 is 1.05 bits per heavy atom. The van der Waals surface area contributed by atoms with Crippen molar-refractivity contribution in [2.24, 2.45) is 0 Å². The molecule has 1 aliphatic heterocycles. The van der Waals surface area contributed by atoms with Crippen LogP contribution in [0.1, 0.15) is 45.1 Å². The summed E-state index contributed by atoms with van der Waals surface area (Å²) in [6, 6.07) is 12.2. The van der Waals surface area contributed by atoms with E-state index in [1.165, 1.54) is 6.92 Å². The fraction of sp³-hybridized carbons (Fsp3) is 0.429. The van der Waals surface area contributed by atoms with E-state index in [2.05, 4.69) is 46.5 Å². The molecule has 0 atom stereocenters. The molecule has 9 heteroatoms. The molecule has 0 unspecified atom stereocenters. The summed E-state index contributed by atoms with van der Waals surface area (Å²) in [6.07, 6.45) is 2.97. The topological polar surface area (TPSA) is 99.7 Å². The highest BCUT2D eigenvalue weighted by Gasteiger charge is 2.21. The van der Waals surface area contributed by atoms with Gasteiger partial charge in [-0.05, 0) is 48.7 Å². The van der Waals surface area contributed by atoms with Crippen LogP contribution in [-0.4, -0.2) is 66.5 Å². The molecule has 196 valence electrons. The molecule has 1 aromatic heterocycles. The van der Waals surface area contributed by atoms with Crippen molar-refractivity contribution in [1.29, 1.82) is 0 Å². The third kappa shape index (κ3) is 6.47. The molecule has 2 aromatic carbocycles. The van der Waals surface area contributed by atoms with Crippen LogP contribution < -0.4 is 20.3 Å². The summed E-state index contributed by atoms with van der Waals surface area (Å²) in [5.41, 5.74) is 4.00. The van der Waals surface area contributed by atoms with Gasteiger partial charge in [0.05, 0.1) is 12.6 Å². The number of carbonyl (C=O) groups excluding carboxylic acids is 2. The number of fused-ring (bicyclic) bond motifs is 1. The average molecular weight is 505 g/mol. The fourth-order valence-corrected chi connectivity index (χ4v) is 4.66. The van der Waals surface area contributed by atoms with Gasteiger partial charge in [0.15, 0.2) is 0 Å². The lowest BCUT2D eigenvalue weighted by molar-refractivity contribution is -0.131. The minimum atomic E-state index is -0.0620. The van der Waals surface area contributed by atoms with Crippen molar-refractivity contribution in [2.45, 2.75) is 39.5 Å². The first-order valence-corrected chi connectivity index (χ1v) is 12.8. The van der Waals surface area contributed by atoms with Crippen LogP contribution in [0.2, 0.25) is 0 Å². The number of hydrogen-bond acceptors (Lipinski definition) is 7. The van der Waals surface area contributed by atoms with Crippen molar-refractivity contribution in [3.05, 3.63) is 48.2 Å². The summed E-state index contributed by atoms with van der Waals surface area (Å²) in [5, 5.41) is 7.04. The highest BCUT2D eigenvalue weighted by Crippen LogP contribution is 2.33. The zero-order valence-corrected chi connectivity index (χ0v) is 22.1. The van der Waals surface area contributed by atoms with Crippen LogP contribution in [-0.2, 0) is 9.59 Å². The number of aromatic nitrogens is 2. The minimum Gasteiger partial charge on any atom is -0.496 e. The third-order valence-electron chi connectivity index (χ3n) is 6.61. The Hall–Kier alpha value is -3.88. The Morgan fingerprint density at radius 2 is 1.78 bits per heavy atom. The van der Waals surface area contributed by atoms with Gasteiger partial charge in [-0.15, -0.1) is 0 Å². The first-order chi connectivity index (χ1) is 17.9. The number of rotatable bonds is 9. The maximum absolute atomic E-state index is 12.4. The first-order valence-electron chi connectivity index (χ1n) is 12.8. The monoisotopic (exact) mass is 504 g/mol. The van der Waals surface area contributed by atoms with Gasteiger partial charge in [-0.25, -0.2) is 9.97 Å². The maximum atomic E-state index is 12.4. The minimum absolute atomic E-state index is 0.0620. The third-order valence-corrected chi connectivity index (χ3v) is 6.61. The molecule has 2 heterocycles. The molecular formula is C28H36N6O3. The number of carbonyl (C=O) groups is 2. The molecule has 0 radical (unpaired) electrons. The van der Waals surface area contributed by atoms with Crippen LogP contribution in [0.25, 0.3) is 10.9 Å². The summed E-state index contributed by atoms with van der Waals surface area (Å²) in [4.78, 5) is 36.9. The number of piperazine rings is 1. The van der Waals surface area contributed by atoms with E-state index in [-0.39, 0.29) is 17.7 Å². The lowest BCUT2D eigenvalue weighted by Gasteiger charge is -2.36. The van der Waals surface area contributed by atoms with Crippen LogP contribution in [0.15, 0.2) is 42.6 Å². The highest BCUT2D eigenvalue weighted by atomic mass is 16.5. The van der Waals surface area contributed by atoms with E-state index in [9.17, 15) is 9.59 Å². The van der Waals surface area contributed by atoms with E-state index in [0.29, 0.717) is 38.4 Å². The second-order valence-corrected chi connectivity index (χ2v) is 9.59. The molecule has 2 N–H and O–H groups in total. The number of nitrogens with zero attached hydrogens (tertiary/aromatic N) is 4. The van der Waals surface area contributed by atoms with Gasteiger partial charge in [0, 0.05) is 74.6 Å². The molecule has 3 aromatic rings. The lowest BCUT2D eigenvalue weighted by Crippen LogP contribution is -2.48. The second-order valence-electron chi connectivity index (χ2n) is 9.59. The Labute approximate surface area is 218 Å². The Balaban J connectivity index is 1.35. The zero-order valence-electron chi connectivity index (χ0n) is 22.1. The Morgan fingerprint density at radius 3 is 2.43 bits per heavy atom. The van der Waals surface area contributed by atoms with Gasteiger partial charge < -0.3 is 25.2 Å². The Kier molecular flexibility index (Phi) is 8.43. The van der Waals surface area contributed by atoms with Crippen LogP contribution in [0.4, 0.5) is 17.3 Å². The van der Waals surface area contributed by atoms with Crippen molar-refractivity contribution in [2.75, 3.05) is 50.1 Å². The molecule has 0 bridgehead atoms. The molecule has 9 nitrogen and oxygen atoms in total. The molecule has 37 heavy (non-hydrogen) atoms. The lowest BCUT2D eigenvalue weighted by atomic mass is 9.99. The van der Waals surface area contributed by atoms with E-state index in [1.807, 2.05) is 35.4 Å². The van der Waals surface area contributed by atoms with Crippen molar-refractivity contribution >= 4 is 40.0 Å². The van der Waals surface area contributed by atoms with E-state index >= 15 is 0 Å². The molecule has 2 amide bonds. The average Bonchev–Trinajstić information content (AvgIpc) is 2.90. The molecule has 0 aliphatic carbocycles. The van der Waals surface area contributed by atoms with Gasteiger partial charge in [0.2, 0.25) is 17.8 Å². The number of hydrogen-bond donors (Lipinski definition) is 2. The normalized spacial score (nSPS) is 13.6. The molecule has 4 rings (SSSR count). The van der Waals surface area contributed by atoms with E-state index in [1.54, 1.807) is 7.11 Å². The predicted molar refractivity (Wildman–Crippen MR) is 147 cm³/mol. The van der Waals surface area contributed by atoms with E-state index in [0.717, 1.165) is 46.7 Å². The summed E-state index contributed by atoms with van der Waals surface area (Å²) in [5.74, 6) is 1.73. The standard InChI is InChI=1S/C28H36N6O3/c1-19(2)26-24(37-4)12-7-21-18-30-28(32-27(21)26)31-22-8-10-23(11-9-22)33-14-16-34(17-15-33)25(36)6-5-13-29-20(3)35/h7-12,18-19H,5-6,13-17H2,1-4H3,(H,29,35)(H,30,31,32). The van der Waals surface area contributed by atoms with Crippen molar-refractivity contribution in [3.8, 4) is 5.75 Å². The summed E-state index contributed by atoms with van der Waals surface area (Å²) >= 11 is 0.